The van der Waals surface area contributed by atoms with Crippen molar-refractivity contribution in [2.45, 2.75) is 6.04 Å². The fourth-order valence-corrected chi connectivity index (χ4v) is 1.78. The van der Waals surface area contributed by atoms with E-state index in [4.69, 9.17) is 9.47 Å². The Labute approximate surface area is 97.9 Å². The highest BCUT2D eigenvalue weighted by molar-refractivity contribution is 5.77. The lowest BCUT2D eigenvalue weighted by molar-refractivity contribution is 0.247. The zero-order valence-corrected chi connectivity index (χ0v) is 9.54. The molecular formula is C11H13FN2O3. The van der Waals surface area contributed by atoms with Crippen molar-refractivity contribution in [3.63, 3.8) is 0 Å². The van der Waals surface area contributed by atoms with E-state index in [0.717, 1.165) is 0 Å². The summed E-state index contributed by atoms with van der Waals surface area (Å²) < 4.78 is 23.9. The van der Waals surface area contributed by atoms with Gasteiger partial charge in [-0.25, -0.2) is 9.18 Å². The van der Waals surface area contributed by atoms with Gasteiger partial charge in [0.2, 0.25) is 0 Å². The smallest absolute Gasteiger partial charge is 0.315 e. The minimum absolute atomic E-state index is 0.302. The third-order valence-corrected chi connectivity index (χ3v) is 2.65. The van der Waals surface area contributed by atoms with E-state index in [1.54, 1.807) is 0 Å². The van der Waals surface area contributed by atoms with Crippen molar-refractivity contribution < 1.29 is 18.7 Å². The van der Waals surface area contributed by atoms with Crippen molar-refractivity contribution in [3.8, 4) is 11.5 Å². The number of benzene rings is 1. The maximum absolute atomic E-state index is 13.8. The highest BCUT2D eigenvalue weighted by Gasteiger charge is 2.25. The summed E-state index contributed by atoms with van der Waals surface area (Å²) in [5.74, 6) is 0.327. The van der Waals surface area contributed by atoms with Crippen LogP contribution in [0.15, 0.2) is 12.1 Å². The van der Waals surface area contributed by atoms with Crippen molar-refractivity contribution in [3.05, 3.63) is 23.5 Å². The molecule has 1 heterocycles. The van der Waals surface area contributed by atoms with Gasteiger partial charge in [-0.15, -0.1) is 0 Å². The van der Waals surface area contributed by atoms with Crippen LogP contribution in [-0.4, -0.2) is 26.8 Å². The van der Waals surface area contributed by atoms with Gasteiger partial charge in [-0.2, -0.15) is 0 Å². The van der Waals surface area contributed by atoms with Gasteiger partial charge in [0, 0.05) is 18.2 Å². The number of methoxy groups -OCH3 is 2. The Kier molecular flexibility index (Phi) is 3.03. The first kappa shape index (κ1) is 11.5. The summed E-state index contributed by atoms with van der Waals surface area (Å²) in [6, 6.07) is 2.09. The monoisotopic (exact) mass is 240 g/mol. The van der Waals surface area contributed by atoms with Crippen molar-refractivity contribution in [2.24, 2.45) is 0 Å². The molecule has 0 spiro atoms. The number of halogens is 1. The largest absolute Gasteiger partial charge is 0.493 e. The van der Waals surface area contributed by atoms with Crippen LogP contribution in [0.3, 0.4) is 0 Å². The van der Waals surface area contributed by atoms with Crippen LogP contribution in [0.25, 0.3) is 0 Å². The minimum Gasteiger partial charge on any atom is -0.493 e. The number of urea groups is 1. The molecule has 92 valence electrons. The number of hydrogen-bond donors (Lipinski definition) is 2. The second-order valence-electron chi connectivity index (χ2n) is 3.64. The lowest BCUT2D eigenvalue weighted by Gasteiger charge is -2.14. The SMILES string of the molecule is COc1cc(F)c([C@H]2CNC(=O)N2)cc1OC. The zero-order chi connectivity index (χ0) is 12.4. The lowest BCUT2D eigenvalue weighted by Crippen LogP contribution is -2.22. The molecule has 1 aromatic rings. The second-order valence-corrected chi connectivity index (χ2v) is 3.64. The fraction of sp³-hybridized carbons (Fsp3) is 0.364. The van der Waals surface area contributed by atoms with E-state index in [2.05, 4.69) is 10.6 Å². The van der Waals surface area contributed by atoms with Gasteiger partial charge in [-0.3, -0.25) is 0 Å². The Morgan fingerprint density at radius 2 is 1.94 bits per heavy atom. The molecule has 0 saturated carbocycles. The third-order valence-electron chi connectivity index (χ3n) is 2.65. The zero-order valence-electron chi connectivity index (χ0n) is 9.54. The predicted octanol–water partition coefficient (Wildman–Crippen LogP) is 1.20. The molecule has 5 nitrogen and oxygen atoms in total. The molecule has 1 atom stereocenters. The normalized spacial score (nSPS) is 18.5. The van der Waals surface area contributed by atoms with Gasteiger partial charge in [0.25, 0.3) is 0 Å². The Bertz CT molecular complexity index is 451. The van der Waals surface area contributed by atoms with Crippen molar-refractivity contribution in [1.29, 1.82) is 0 Å². The molecule has 1 saturated heterocycles. The van der Waals surface area contributed by atoms with Gasteiger partial charge >= 0.3 is 6.03 Å². The van der Waals surface area contributed by atoms with Crippen LogP contribution in [0.4, 0.5) is 9.18 Å². The average molecular weight is 240 g/mol. The van der Waals surface area contributed by atoms with Crippen LogP contribution >= 0.6 is 0 Å². The topological polar surface area (TPSA) is 59.6 Å². The van der Waals surface area contributed by atoms with Crippen LogP contribution < -0.4 is 20.1 Å². The molecule has 6 heteroatoms. The molecule has 0 unspecified atom stereocenters. The number of carbonyl (C=O) groups excluding carboxylic acids is 1. The number of rotatable bonds is 3. The molecule has 17 heavy (non-hydrogen) atoms. The first-order chi connectivity index (χ1) is 8.15. The summed E-state index contributed by atoms with van der Waals surface area (Å²) in [7, 11) is 2.92. The van der Waals surface area contributed by atoms with Crippen LogP contribution in [0.2, 0.25) is 0 Å². The minimum atomic E-state index is -0.434. The molecule has 1 fully saturated rings. The summed E-state index contributed by atoms with van der Waals surface area (Å²) in [4.78, 5) is 11.0. The first-order valence-corrected chi connectivity index (χ1v) is 5.11. The average Bonchev–Trinajstić information content (AvgIpc) is 2.75. The van der Waals surface area contributed by atoms with Gasteiger partial charge in [0.1, 0.15) is 5.82 Å². The van der Waals surface area contributed by atoms with Crippen molar-refractivity contribution >= 4 is 6.03 Å². The van der Waals surface area contributed by atoms with Gasteiger partial charge in [0.15, 0.2) is 11.5 Å². The number of nitrogens with one attached hydrogen (secondary N) is 2. The van der Waals surface area contributed by atoms with Gasteiger partial charge in [0.05, 0.1) is 20.3 Å². The third kappa shape index (κ3) is 2.11. The van der Waals surface area contributed by atoms with Gasteiger partial charge < -0.3 is 20.1 Å². The maximum atomic E-state index is 13.8. The van der Waals surface area contributed by atoms with Crippen molar-refractivity contribution in [2.75, 3.05) is 20.8 Å². The van der Waals surface area contributed by atoms with Crippen LogP contribution in [0, 0.1) is 5.82 Å². The molecule has 2 rings (SSSR count). The highest BCUT2D eigenvalue weighted by atomic mass is 19.1. The molecule has 1 aliphatic rings. The molecule has 1 aromatic carbocycles. The fourth-order valence-electron chi connectivity index (χ4n) is 1.78. The Hall–Kier alpha value is -1.98. The number of hydrogen-bond acceptors (Lipinski definition) is 3. The molecule has 2 N–H and O–H groups in total. The van der Waals surface area contributed by atoms with E-state index >= 15 is 0 Å². The summed E-state index contributed by atoms with van der Waals surface area (Å²) in [6.45, 7) is 0.352. The molecule has 0 radical (unpaired) electrons. The maximum Gasteiger partial charge on any atom is 0.315 e. The van der Waals surface area contributed by atoms with Crippen LogP contribution in [-0.2, 0) is 0 Å². The van der Waals surface area contributed by atoms with Crippen molar-refractivity contribution in [1.82, 2.24) is 10.6 Å². The van der Waals surface area contributed by atoms with Crippen LogP contribution in [0.5, 0.6) is 11.5 Å². The molecule has 2 amide bonds. The Morgan fingerprint density at radius 3 is 2.47 bits per heavy atom. The summed E-state index contributed by atoms with van der Waals surface area (Å²) in [6.07, 6.45) is 0. The summed E-state index contributed by atoms with van der Waals surface area (Å²) in [5.41, 5.74) is 0.376. The Balaban J connectivity index is 2.37. The number of carbonyl (C=O) groups is 1. The predicted molar refractivity (Wildman–Crippen MR) is 58.8 cm³/mol. The molecule has 1 aliphatic heterocycles. The summed E-state index contributed by atoms with van der Waals surface area (Å²) >= 11 is 0. The van der Waals surface area contributed by atoms with Gasteiger partial charge in [-0.05, 0) is 6.07 Å². The standard InChI is InChI=1S/C11H13FN2O3/c1-16-9-3-6(7(12)4-10(9)17-2)8-5-13-11(15)14-8/h3-4,8H,5H2,1-2H3,(H2,13,14,15)/t8-/m1/s1. The molecule has 0 aliphatic carbocycles. The van der Waals surface area contributed by atoms with E-state index in [9.17, 15) is 9.18 Å². The molecular weight excluding hydrogens is 227 g/mol. The van der Waals surface area contributed by atoms with E-state index in [1.165, 1.54) is 26.4 Å². The van der Waals surface area contributed by atoms with E-state index < -0.39 is 5.82 Å². The van der Waals surface area contributed by atoms with Gasteiger partial charge in [-0.1, -0.05) is 0 Å². The lowest BCUT2D eigenvalue weighted by atomic mass is 10.1. The summed E-state index contributed by atoms with van der Waals surface area (Å²) in [5, 5.41) is 5.19. The quantitative estimate of drug-likeness (QED) is 0.834. The molecule has 0 bridgehead atoms. The van der Waals surface area contributed by atoms with E-state index in [0.29, 0.717) is 23.6 Å². The van der Waals surface area contributed by atoms with E-state index in [-0.39, 0.29) is 12.1 Å². The highest BCUT2D eigenvalue weighted by Crippen LogP contribution is 2.32. The first-order valence-electron chi connectivity index (χ1n) is 5.11. The van der Waals surface area contributed by atoms with Crippen LogP contribution in [0.1, 0.15) is 11.6 Å². The van der Waals surface area contributed by atoms with E-state index in [1.807, 2.05) is 0 Å². The number of ether oxygens (including phenoxy) is 2. The second kappa shape index (κ2) is 4.48. The Morgan fingerprint density at radius 1 is 1.29 bits per heavy atom. The number of amides is 2. The molecule has 0 aromatic heterocycles.